The zero-order valence-corrected chi connectivity index (χ0v) is 10.8. The highest BCUT2D eigenvalue weighted by atomic mass is 16.3. The van der Waals surface area contributed by atoms with Gasteiger partial charge >= 0.3 is 0 Å². The molecule has 1 aromatic carbocycles. The summed E-state index contributed by atoms with van der Waals surface area (Å²) in [6.45, 7) is 0.116. The molecule has 5 heteroatoms. The third-order valence-electron chi connectivity index (χ3n) is 3.87. The van der Waals surface area contributed by atoms with Crippen LogP contribution in [-0.2, 0) is 0 Å². The molecule has 0 saturated heterocycles. The zero-order chi connectivity index (χ0) is 13.3. The van der Waals surface area contributed by atoms with Gasteiger partial charge in [0.05, 0.1) is 17.7 Å². The van der Waals surface area contributed by atoms with Crippen LogP contribution < -0.4 is 11.1 Å². The minimum absolute atomic E-state index is 0.116. The first kappa shape index (κ1) is 12.2. The Labute approximate surface area is 111 Å². The highest BCUT2D eigenvalue weighted by Crippen LogP contribution is 2.34. The number of nitrogens with zero attached hydrogens (tertiary/aromatic N) is 2. The number of fused-ring (bicyclic) bond motifs is 1. The van der Waals surface area contributed by atoms with Gasteiger partial charge in [-0.15, -0.1) is 0 Å². The van der Waals surface area contributed by atoms with Crippen molar-refractivity contribution >= 4 is 22.7 Å². The molecule has 100 valence electrons. The van der Waals surface area contributed by atoms with Crippen LogP contribution in [0.25, 0.3) is 10.9 Å². The van der Waals surface area contributed by atoms with Gasteiger partial charge < -0.3 is 16.2 Å². The van der Waals surface area contributed by atoms with Crippen LogP contribution in [0, 0.1) is 0 Å². The highest BCUT2D eigenvalue weighted by molar-refractivity contribution is 5.90. The van der Waals surface area contributed by atoms with Gasteiger partial charge in [0.1, 0.15) is 5.82 Å². The predicted octanol–water partition coefficient (Wildman–Crippen LogP) is 1.93. The molecule has 0 atom stereocenters. The molecule has 0 amide bonds. The maximum absolute atomic E-state index is 9.68. The van der Waals surface area contributed by atoms with E-state index >= 15 is 0 Å². The fourth-order valence-corrected chi connectivity index (χ4v) is 2.82. The van der Waals surface area contributed by atoms with Crippen LogP contribution in [0.3, 0.4) is 0 Å². The molecule has 0 aliphatic heterocycles. The van der Waals surface area contributed by atoms with E-state index in [0.29, 0.717) is 0 Å². The fourth-order valence-electron chi connectivity index (χ4n) is 2.82. The average molecular weight is 258 g/mol. The third-order valence-corrected chi connectivity index (χ3v) is 3.87. The first-order valence-corrected chi connectivity index (χ1v) is 6.64. The van der Waals surface area contributed by atoms with Crippen molar-refractivity contribution in [1.29, 1.82) is 0 Å². The van der Waals surface area contributed by atoms with Crippen molar-refractivity contribution in [2.45, 2.75) is 31.2 Å². The maximum Gasteiger partial charge on any atom is 0.222 e. The summed E-state index contributed by atoms with van der Waals surface area (Å²) in [5.74, 6) is 0.978. The Morgan fingerprint density at radius 1 is 1.21 bits per heavy atom. The number of hydrogen-bond acceptors (Lipinski definition) is 5. The number of aliphatic hydroxyl groups is 1. The molecule has 1 heterocycles. The Balaban J connectivity index is 2.04. The number of nitrogen functional groups attached to an aromatic ring is 1. The third kappa shape index (κ3) is 2.21. The Kier molecular flexibility index (Phi) is 2.98. The lowest BCUT2D eigenvalue weighted by Gasteiger charge is -2.29. The van der Waals surface area contributed by atoms with Crippen molar-refractivity contribution in [3.05, 3.63) is 24.3 Å². The van der Waals surface area contributed by atoms with Gasteiger partial charge in [-0.3, -0.25) is 0 Å². The van der Waals surface area contributed by atoms with Crippen molar-refractivity contribution in [2.75, 3.05) is 17.7 Å². The molecule has 2 aromatic rings. The summed E-state index contributed by atoms with van der Waals surface area (Å²) in [6.07, 6.45) is 4.18. The number of hydrogen-bond donors (Lipinski definition) is 3. The molecular weight excluding hydrogens is 240 g/mol. The molecule has 0 bridgehead atoms. The van der Waals surface area contributed by atoms with Crippen molar-refractivity contribution in [1.82, 2.24) is 9.97 Å². The second kappa shape index (κ2) is 4.66. The number of rotatable bonds is 3. The Bertz CT molecular complexity index is 593. The lowest BCUT2D eigenvalue weighted by atomic mass is 9.98. The van der Waals surface area contributed by atoms with E-state index in [2.05, 4.69) is 15.3 Å². The van der Waals surface area contributed by atoms with Crippen LogP contribution in [0.4, 0.5) is 11.8 Å². The molecule has 0 spiro atoms. The summed E-state index contributed by atoms with van der Waals surface area (Å²) in [4.78, 5) is 8.53. The van der Waals surface area contributed by atoms with Gasteiger partial charge in [0, 0.05) is 5.39 Å². The fraction of sp³-hybridized carbons (Fsp3) is 0.429. The molecule has 19 heavy (non-hydrogen) atoms. The SMILES string of the molecule is Nc1nc(NC2(CO)CCCC2)c2ccccc2n1. The van der Waals surface area contributed by atoms with Gasteiger partial charge in [-0.2, -0.15) is 4.98 Å². The Morgan fingerprint density at radius 2 is 1.95 bits per heavy atom. The normalized spacial score (nSPS) is 17.7. The molecule has 4 N–H and O–H groups in total. The van der Waals surface area contributed by atoms with E-state index < -0.39 is 0 Å². The van der Waals surface area contributed by atoms with Crippen LogP contribution in [0.5, 0.6) is 0 Å². The van der Waals surface area contributed by atoms with Gasteiger partial charge in [0.25, 0.3) is 0 Å². The summed E-state index contributed by atoms with van der Waals surface area (Å²) in [6, 6.07) is 7.76. The molecule has 1 aromatic heterocycles. The number of nitrogens with one attached hydrogen (secondary N) is 1. The van der Waals surface area contributed by atoms with Crippen LogP contribution in [0.2, 0.25) is 0 Å². The number of para-hydroxylation sites is 1. The van der Waals surface area contributed by atoms with E-state index in [1.54, 1.807) is 0 Å². The molecule has 1 aliphatic rings. The van der Waals surface area contributed by atoms with Crippen LogP contribution in [0.1, 0.15) is 25.7 Å². The van der Waals surface area contributed by atoms with Crippen molar-refractivity contribution < 1.29 is 5.11 Å². The molecular formula is C14H18N4O. The monoisotopic (exact) mass is 258 g/mol. The predicted molar refractivity (Wildman–Crippen MR) is 75.9 cm³/mol. The summed E-state index contributed by atoms with van der Waals surface area (Å²) in [7, 11) is 0. The van der Waals surface area contributed by atoms with Gasteiger partial charge in [-0.05, 0) is 25.0 Å². The largest absolute Gasteiger partial charge is 0.394 e. The van der Waals surface area contributed by atoms with Crippen molar-refractivity contribution in [3.63, 3.8) is 0 Å². The first-order valence-electron chi connectivity index (χ1n) is 6.64. The highest BCUT2D eigenvalue weighted by Gasteiger charge is 2.33. The lowest BCUT2D eigenvalue weighted by Crippen LogP contribution is -2.39. The molecule has 3 rings (SSSR count). The van der Waals surface area contributed by atoms with E-state index in [1.165, 1.54) is 0 Å². The van der Waals surface area contributed by atoms with Crippen molar-refractivity contribution in [3.8, 4) is 0 Å². The number of anilines is 2. The van der Waals surface area contributed by atoms with Crippen LogP contribution in [-0.4, -0.2) is 27.2 Å². The molecule has 1 fully saturated rings. The van der Waals surface area contributed by atoms with Crippen molar-refractivity contribution in [2.24, 2.45) is 0 Å². The molecule has 1 saturated carbocycles. The van der Waals surface area contributed by atoms with Gasteiger partial charge in [0.15, 0.2) is 0 Å². The molecule has 0 unspecified atom stereocenters. The second-order valence-electron chi connectivity index (χ2n) is 5.22. The summed E-state index contributed by atoms with van der Waals surface area (Å²) >= 11 is 0. The second-order valence-corrected chi connectivity index (χ2v) is 5.22. The molecule has 1 aliphatic carbocycles. The van der Waals surface area contributed by atoms with E-state index in [1.807, 2.05) is 24.3 Å². The Hall–Kier alpha value is -1.88. The van der Waals surface area contributed by atoms with Crippen LogP contribution >= 0.6 is 0 Å². The van der Waals surface area contributed by atoms with E-state index in [-0.39, 0.29) is 18.1 Å². The van der Waals surface area contributed by atoms with Gasteiger partial charge in [-0.25, -0.2) is 4.98 Å². The minimum atomic E-state index is -0.260. The smallest absolute Gasteiger partial charge is 0.222 e. The summed E-state index contributed by atoms with van der Waals surface area (Å²) in [5.41, 5.74) is 6.32. The summed E-state index contributed by atoms with van der Waals surface area (Å²) in [5, 5.41) is 14.0. The van der Waals surface area contributed by atoms with Crippen LogP contribution in [0.15, 0.2) is 24.3 Å². The number of benzene rings is 1. The maximum atomic E-state index is 9.68. The molecule has 5 nitrogen and oxygen atoms in total. The Morgan fingerprint density at radius 3 is 2.68 bits per heavy atom. The first-order chi connectivity index (χ1) is 9.22. The molecule has 0 radical (unpaired) electrons. The number of aromatic nitrogens is 2. The lowest BCUT2D eigenvalue weighted by molar-refractivity contribution is 0.214. The topological polar surface area (TPSA) is 84.1 Å². The standard InChI is InChI=1S/C14H18N4O/c15-13-16-11-6-2-1-5-10(11)12(17-13)18-14(9-19)7-3-4-8-14/h1-2,5-6,19H,3-4,7-9H2,(H3,15,16,17,18). The summed E-state index contributed by atoms with van der Waals surface area (Å²) < 4.78 is 0. The van der Waals surface area contributed by atoms with E-state index in [4.69, 9.17) is 5.73 Å². The van der Waals surface area contributed by atoms with Gasteiger partial charge in [0.2, 0.25) is 5.95 Å². The van der Waals surface area contributed by atoms with Gasteiger partial charge in [-0.1, -0.05) is 25.0 Å². The quantitative estimate of drug-likeness (QED) is 0.783. The minimum Gasteiger partial charge on any atom is -0.394 e. The van der Waals surface area contributed by atoms with E-state index in [0.717, 1.165) is 42.4 Å². The zero-order valence-electron chi connectivity index (χ0n) is 10.8. The average Bonchev–Trinajstić information content (AvgIpc) is 2.88. The number of nitrogens with two attached hydrogens (primary N) is 1. The van der Waals surface area contributed by atoms with E-state index in [9.17, 15) is 5.11 Å². The number of aliphatic hydroxyl groups excluding tert-OH is 1.